The number of oxazole rings is 1. The Morgan fingerprint density at radius 1 is 1.02 bits per heavy atom. The number of hydrogen-bond donors (Lipinski definition) is 2. The number of fused-ring (bicyclic) bond motifs is 1. The van der Waals surface area contributed by atoms with Crippen LogP contribution in [0.2, 0.25) is 0 Å². The van der Waals surface area contributed by atoms with Gasteiger partial charge in [-0.15, -0.1) is 0 Å². The lowest BCUT2D eigenvalue weighted by Crippen LogP contribution is -2.41. The van der Waals surface area contributed by atoms with E-state index in [4.69, 9.17) is 28.6 Å². The number of aromatic nitrogens is 1. The van der Waals surface area contributed by atoms with Crippen LogP contribution in [0.3, 0.4) is 0 Å². The minimum atomic E-state index is -1.13. The lowest BCUT2D eigenvalue weighted by atomic mass is 10.1. The molecule has 1 aliphatic rings. The smallest absolute Gasteiger partial charge is 0.302 e. The molecule has 2 amide bonds. The van der Waals surface area contributed by atoms with Gasteiger partial charge in [-0.25, -0.2) is 0 Å². The number of nitrogens with zero attached hydrogens (tertiary/aromatic N) is 3. The minimum Gasteiger partial charge on any atom is -0.493 e. The number of nitrogens with one attached hydrogen (secondary N) is 2. The van der Waals surface area contributed by atoms with Crippen molar-refractivity contribution in [1.29, 1.82) is 5.26 Å². The van der Waals surface area contributed by atoms with Crippen molar-refractivity contribution < 1.29 is 33.0 Å². The number of rotatable bonds is 11. The van der Waals surface area contributed by atoms with E-state index in [0.29, 0.717) is 64.8 Å². The Balaban J connectivity index is 1.32. The Morgan fingerprint density at radius 2 is 1.72 bits per heavy atom. The zero-order valence-corrected chi connectivity index (χ0v) is 23.8. The number of nitriles is 1. The van der Waals surface area contributed by atoms with E-state index in [1.165, 1.54) is 14.2 Å². The zero-order valence-electron chi connectivity index (χ0n) is 23.8. The molecule has 1 aliphatic heterocycles. The molecule has 0 saturated carbocycles. The molecular formula is C31H31N5O7. The van der Waals surface area contributed by atoms with Gasteiger partial charge in [0.2, 0.25) is 6.10 Å². The highest BCUT2D eigenvalue weighted by Gasteiger charge is 2.26. The van der Waals surface area contributed by atoms with Gasteiger partial charge < -0.3 is 28.7 Å². The highest BCUT2D eigenvalue weighted by atomic mass is 16.5. The van der Waals surface area contributed by atoms with Crippen LogP contribution >= 0.6 is 0 Å². The molecule has 0 bridgehead atoms. The number of carbonyl (C=O) groups is 2. The Morgan fingerprint density at radius 3 is 2.40 bits per heavy atom. The summed E-state index contributed by atoms with van der Waals surface area (Å²) in [5, 5.41) is 14.7. The fourth-order valence-corrected chi connectivity index (χ4v) is 4.56. The van der Waals surface area contributed by atoms with Gasteiger partial charge in [-0.05, 0) is 36.4 Å². The minimum absolute atomic E-state index is 0.0417. The van der Waals surface area contributed by atoms with Crippen LogP contribution in [-0.2, 0) is 9.53 Å². The maximum Gasteiger partial charge on any atom is 0.302 e. The van der Waals surface area contributed by atoms with Crippen molar-refractivity contribution in [3.63, 3.8) is 0 Å². The lowest BCUT2D eigenvalue weighted by Gasteiger charge is -2.26. The molecule has 2 N–H and O–H groups in total. The summed E-state index contributed by atoms with van der Waals surface area (Å²) in [4.78, 5) is 32.9. The topological polar surface area (TPSA) is 148 Å². The Bertz CT molecular complexity index is 1570. The molecule has 0 spiro atoms. The van der Waals surface area contributed by atoms with Gasteiger partial charge in [-0.3, -0.25) is 19.8 Å². The molecule has 43 heavy (non-hydrogen) atoms. The van der Waals surface area contributed by atoms with E-state index in [1.807, 2.05) is 0 Å². The fourth-order valence-electron chi connectivity index (χ4n) is 4.56. The van der Waals surface area contributed by atoms with Crippen LogP contribution in [0.1, 0.15) is 27.6 Å². The quantitative estimate of drug-likeness (QED) is 0.268. The molecule has 1 saturated heterocycles. The summed E-state index contributed by atoms with van der Waals surface area (Å²) in [7, 11) is 3.02. The van der Waals surface area contributed by atoms with Gasteiger partial charge in [0.25, 0.3) is 11.8 Å². The van der Waals surface area contributed by atoms with Gasteiger partial charge in [-0.1, -0.05) is 12.1 Å². The second-order valence-corrected chi connectivity index (χ2v) is 9.65. The van der Waals surface area contributed by atoms with E-state index in [9.17, 15) is 9.59 Å². The summed E-state index contributed by atoms with van der Waals surface area (Å²) in [6.45, 7) is 4.34. The maximum absolute atomic E-state index is 13.5. The van der Waals surface area contributed by atoms with E-state index in [0.717, 1.165) is 19.6 Å². The van der Waals surface area contributed by atoms with E-state index < -0.39 is 12.0 Å². The first-order chi connectivity index (χ1) is 21.0. The molecule has 1 atom stereocenters. The summed E-state index contributed by atoms with van der Waals surface area (Å²) in [5.74, 6) is 0.518. The van der Waals surface area contributed by atoms with Crippen molar-refractivity contribution in [2.24, 2.45) is 0 Å². The summed E-state index contributed by atoms with van der Waals surface area (Å²) < 4.78 is 27.8. The third kappa shape index (κ3) is 7.21. The monoisotopic (exact) mass is 585 g/mol. The highest BCUT2D eigenvalue weighted by molar-refractivity contribution is 5.96. The molecule has 1 aromatic heterocycles. The maximum atomic E-state index is 13.5. The summed E-state index contributed by atoms with van der Waals surface area (Å²) in [6.07, 6.45) is -1.13. The number of hydrogen-bond acceptors (Lipinski definition) is 10. The molecule has 1 fully saturated rings. The molecule has 1 unspecified atom stereocenters. The van der Waals surface area contributed by atoms with Crippen molar-refractivity contribution in [3.8, 4) is 23.3 Å². The average molecular weight is 586 g/mol. The van der Waals surface area contributed by atoms with Gasteiger partial charge in [0, 0.05) is 49.4 Å². The molecule has 222 valence electrons. The number of amides is 2. The van der Waals surface area contributed by atoms with Gasteiger partial charge in [0.05, 0.1) is 39.1 Å². The van der Waals surface area contributed by atoms with Crippen LogP contribution in [0, 0.1) is 11.3 Å². The van der Waals surface area contributed by atoms with Crippen molar-refractivity contribution in [3.05, 3.63) is 77.4 Å². The molecule has 5 rings (SSSR count). The van der Waals surface area contributed by atoms with Crippen LogP contribution in [0.5, 0.6) is 17.2 Å². The van der Waals surface area contributed by atoms with Crippen LogP contribution < -0.4 is 24.8 Å². The number of benzene rings is 3. The van der Waals surface area contributed by atoms with Crippen LogP contribution in [-0.4, -0.2) is 75.3 Å². The Labute approximate surface area is 248 Å². The first-order valence-corrected chi connectivity index (χ1v) is 13.7. The SMILES string of the molecule is COc1cc2nc(NC(=O)C(Oc3ccc(C#N)cc3)c3ccc(C(=O)NCCN4CCOCC4)cc3)oc2cc1OC. The normalized spacial score (nSPS) is 14.0. The molecule has 4 aromatic rings. The average Bonchev–Trinajstić information content (AvgIpc) is 3.44. The summed E-state index contributed by atoms with van der Waals surface area (Å²) >= 11 is 0. The lowest BCUT2D eigenvalue weighted by molar-refractivity contribution is -0.123. The van der Waals surface area contributed by atoms with Gasteiger partial charge in [0.1, 0.15) is 11.3 Å². The third-order valence-corrected chi connectivity index (χ3v) is 6.89. The zero-order chi connectivity index (χ0) is 30.2. The molecule has 12 heteroatoms. The first kappa shape index (κ1) is 29.4. The van der Waals surface area contributed by atoms with Gasteiger partial charge in [0.15, 0.2) is 17.1 Å². The second kappa shape index (κ2) is 13.7. The van der Waals surface area contributed by atoms with Crippen LogP contribution in [0.15, 0.2) is 65.1 Å². The standard InChI is InChI=1S/C31H31N5O7/c1-39-26-17-24-25(18-27(26)40-2)43-31(34-24)35-30(38)28(42-23-9-3-20(19-32)4-10-23)21-5-7-22(8-6-21)29(37)33-11-12-36-13-15-41-16-14-36/h3-10,17-18,28H,11-16H2,1-2H3,(H,33,37)(H,34,35,38). The van der Waals surface area contributed by atoms with Crippen LogP contribution in [0.4, 0.5) is 6.01 Å². The highest BCUT2D eigenvalue weighted by Crippen LogP contribution is 2.33. The fraction of sp³-hybridized carbons (Fsp3) is 0.290. The van der Waals surface area contributed by atoms with E-state index in [-0.39, 0.29) is 11.9 Å². The number of carbonyl (C=O) groups excluding carboxylic acids is 2. The predicted molar refractivity (Wildman–Crippen MR) is 156 cm³/mol. The Hall–Kier alpha value is -5.12. The van der Waals surface area contributed by atoms with Gasteiger partial charge >= 0.3 is 6.01 Å². The third-order valence-electron chi connectivity index (χ3n) is 6.89. The van der Waals surface area contributed by atoms with Crippen molar-refractivity contribution >= 4 is 28.9 Å². The molecule has 0 aliphatic carbocycles. The second-order valence-electron chi connectivity index (χ2n) is 9.65. The number of morpholine rings is 1. The van der Waals surface area contributed by atoms with Crippen molar-refractivity contribution in [2.75, 3.05) is 58.9 Å². The summed E-state index contributed by atoms with van der Waals surface area (Å²) in [5.41, 5.74) is 2.24. The summed E-state index contributed by atoms with van der Waals surface area (Å²) in [6, 6.07) is 18.3. The molecule has 2 heterocycles. The van der Waals surface area contributed by atoms with Crippen molar-refractivity contribution in [1.82, 2.24) is 15.2 Å². The number of anilines is 1. The largest absolute Gasteiger partial charge is 0.493 e. The van der Waals surface area contributed by atoms with E-state index >= 15 is 0 Å². The number of methoxy groups -OCH3 is 2. The molecule has 12 nitrogen and oxygen atoms in total. The Kier molecular flexibility index (Phi) is 9.36. The van der Waals surface area contributed by atoms with Crippen molar-refractivity contribution in [2.45, 2.75) is 6.10 Å². The first-order valence-electron chi connectivity index (χ1n) is 13.7. The molecular weight excluding hydrogens is 554 g/mol. The van der Waals surface area contributed by atoms with Crippen LogP contribution in [0.25, 0.3) is 11.1 Å². The van der Waals surface area contributed by atoms with Gasteiger partial charge in [-0.2, -0.15) is 10.2 Å². The van der Waals surface area contributed by atoms with E-state index in [1.54, 1.807) is 60.7 Å². The molecule has 0 radical (unpaired) electrons. The van der Waals surface area contributed by atoms with E-state index in [2.05, 4.69) is 26.6 Å². The predicted octanol–water partition coefficient (Wildman–Crippen LogP) is 3.54. The molecule has 3 aromatic carbocycles. The number of ether oxygens (including phenoxy) is 4.